The van der Waals surface area contributed by atoms with Crippen molar-refractivity contribution in [3.8, 4) is 11.1 Å². The van der Waals surface area contributed by atoms with Crippen LogP contribution in [-0.4, -0.2) is 68.5 Å². The van der Waals surface area contributed by atoms with Crippen LogP contribution in [0.5, 0.6) is 0 Å². The summed E-state index contributed by atoms with van der Waals surface area (Å²) in [7, 11) is 0. The first-order chi connectivity index (χ1) is 18.5. The van der Waals surface area contributed by atoms with E-state index >= 15 is 0 Å². The highest BCUT2D eigenvalue weighted by molar-refractivity contribution is 6.00. The number of nitrogens with two attached hydrogens (primary N) is 1. The topological polar surface area (TPSA) is 168 Å². The zero-order valence-corrected chi connectivity index (χ0v) is 21.7. The van der Waals surface area contributed by atoms with Gasteiger partial charge in [-0.2, -0.15) is 14.7 Å². The van der Waals surface area contributed by atoms with Gasteiger partial charge in [0.05, 0.1) is 17.5 Å². The van der Waals surface area contributed by atoms with E-state index in [4.69, 9.17) is 10.7 Å². The first-order valence-corrected chi connectivity index (χ1v) is 12.8. The van der Waals surface area contributed by atoms with Crippen molar-refractivity contribution in [1.82, 2.24) is 39.7 Å². The third-order valence-corrected chi connectivity index (χ3v) is 7.77. The second-order valence-corrected chi connectivity index (χ2v) is 10.8. The molecule has 1 unspecified atom stereocenters. The molecular weight excluding hydrogens is 505 g/mol. The predicted octanol–water partition coefficient (Wildman–Crippen LogP) is 2.61. The fraction of sp³-hybridized carbons (Fsp3) is 0.423. The van der Waals surface area contributed by atoms with Crippen molar-refractivity contribution >= 4 is 23.2 Å². The van der Waals surface area contributed by atoms with E-state index in [0.29, 0.717) is 40.9 Å². The molecule has 0 radical (unpaired) electrons. The van der Waals surface area contributed by atoms with Crippen molar-refractivity contribution < 1.29 is 19.1 Å². The third-order valence-electron chi connectivity index (χ3n) is 7.77. The second kappa shape index (κ2) is 8.90. The fourth-order valence-electron chi connectivity index (χ4n) is 6.09. The number of fused-ring (bicyclic) bond motifs is 3. The number of hydrogen-bond donors (Lipinski definition) is 3. The van der Waals surface area contributed by atoms with Gasteiger partial charge in [0, 0.05) is 35.3 Å². The monoisotopic (exact) mass is 533 g/mol. The molecule has 0 saturated carbocycles. The van der Waals surface area contributed by atoms with Crippen LogP contribution in [0.15, 0.2) is 24.8 Å². The maximum absolute atomic E-state index is 14.9. The summed E-state index contributed by atoms with van der Waals surface area (Å²) in [5.41, 5.74) is 7.11. The molecule has 202 valence electrons. The molecule has 3 atom stereocenters. The molecule has 0 aromatic carbocycles. The number of amides is 1. The number of nitrogens with one attached hydrogen (secondary N) is 1. The van der Waals surface area contributed by atoms with Crippen molar-refractivity contribution in [1.29, 1.82) is 0 Å². The van der Waals surface area contributed by atoms with Crippen molar-refractivity contribution in [3.63, 3.8) is 0 Å². The first-order valence-electron chi connectivity index (χ1n) is 12.8. The first kappa shape index (κ1) is 25.0. The van der Waals surface area contributed by atoms with Crippen LogP contribution in [0.25, 0.3) is 16.8 Å². The smallest absolute Gasteiger partial charge is 0.291 e. The lowest BCUT2D eigenvalue weighted by molar-refractivity contribution is 0.0556. The van der Waals surface area contributed by atoms with Crippen molar-refractivity contribution in [2.45, 2.75) is 70.1 Å². The number of aromatic nitrogens is 7. The Labute approximate surface area is 222 Å². The number of aromatic amines is 1. The Hall–Kier alpha value is -4.26. The van der Waals surface area contributed by atoms with Crippen molar-refractivity contribution in [2.75, 3.05) is 5.73 Å². The molecule has 4 aromatic heterocycles. The van der Waals surface area contributed by atoms with E-state index < -0.39 is 11.4 Å². The van der Waals surface area contributed by atoms with Crippen molar-refractivity contribution in [2.24, 2.45) is 0 Å². The van der Waals surface area contributed by atoms with E-state index in [0.717, 1.165) is 12.8 Å². The van der Waals surface area contributed by atoms with Crippen LogP contribution in [0.4, 0.5) is 10.2 Å². The molecule has 2 aliphatic heterocycles. The van der Waals surface area contributed by atoms with E-state index in [2.05, 4.69) is 25.3 Å². The average Bonchev–Trinajstić information content (AvgIpc) is 3.61. The number of pyridine rings is 1. The van der Waals surface area contributed by atoms with Gasteiger partial charge in [-0.1, -0.05) is 0 Å². The molecular formula is C26H28FN9O3. The third kappa shape index (κ3) is 4.04. The molecule has 6 heterocycles. The van der Waals surface area contributed by atoms with Crippen molar-refractivity contribution in [3.05, 3.63) is 53.4 Å². The lowest BCUT2D eigenvalue weighted by atomic mass is 9.85. The Morgan fingerprint density at radius 3 is 2.49 bits per heavy atom. The van der Waals surface area contributed by atoms with Crippen LogP contribution < -0.4 is 5.73 Å². The molecule has 12 nitrogen and oxygen atoms in total. The van der Waals surface area contributed by atoms with Crippen LogP contribution in [0.2, 0.25) is 0 Å². The molecule has 0 aliphatic carbocycles. The van der Waals surface area contributed by atoms with Crippen LogP contribution in [0.1, 0.15) is 84.7 Å². The molecule has 2 fully saturated rings. The van der Waals surface area contributed by atoms with E-state index in [1.807, 2.05) is 4.90 Å². The standard InChI is InChI=1S/C26H28FN9O3/c1-12(37)19-20(13-6-15-4-5-16(7-13)35(15)25(38)23-30-11-31-34-23)33-24-17(10-32-36(24)22(19)28)14-8-18(27)21(29-9-14)26(2,3)39/h8-11,13,15-16,39H,4-7,28H2,1-3H3,(H,30,31,34)/t13-,15-,16?/m0/s1. The van der Waals surface area contributed by atoms with Crippen LogP contribution in [0, 0.1) is 5.82 Å². The van der Waals surface area contributed by atoms with Gasteiger partial charge in [-0.25, -0.2) is 14.4 Å². The number of nitrogens with zero attached hydrogens (tertiary/aromatic N) is 7. The van der Waals surface area contributed by atoms with Gasteiger partial charge in [-0.15, -0.1) is 0 Å². The minimum atomic E-state index is -1.45. The van der Waals surface area contributed by atoms with Crippen LogP contribution in [-0.2, 0) is 5.60 Å². The normalized spacial score (nSPS) is 21.1. The summed E-state index contributed by atoms with van der Waals surface area (Å²) in [5, 5.41) is 21.0. The summed E-state index contributed by atoms with van der Waals surface area (Å²) >= 11 is 0. The average molecular weight is 534 g/mol. The minimum absolute atomic E-state index is 0.0394. The van der Waals surface area contributed by atoms with Crippen LogP contribution in [0.3, 0.4) is 0 Å². The maximum Gasteiger partial charge on any atom is 0.291 e. The quantitative estimate of drug-likeness (QED) is 0.327. The number of aliphatic hydroxyl groups is 1. The number of piperidine rings is 1. The van der Waals surface area contributed by atoms with Gasteiger partial charge in [-0.3, -0.25) is 19.7 Å². The van der Waals surface area contributed by atoms with Crippen LogP contribution >= 0.6 is 0 Å². The molecule has 13 heteroatoms. The second-order valence-electron chi connectivity index (χ2n) is 10.8. The molecule has 4 N–H and O–H groups in total. The molecule has 2 bridgehead atoms. The summed E-state index contributed by atoms with van der Waals surface area (Å²) in [6, 6.07) is 1.20. The number of ketones is 1. The Morgan fingerprint density at radius 1 is 1.18 bits per heavy atom. The van der Waals surface area contributed by atoms with Gasteiger partial charge in [0.2, 0.25) is 5.82 Å². The number of nitrogen functional groups attached to an aromatic ring is 1. The zero-order chi connectivity index (χ0) is 27.6. The van der Waals surface area contributed by atoms with Gasteiger partial charge in [-0.05, 0) is 52.5 Å². The highest BCUT2D eigenvalue weighted by Gasteiger charge is 2.45. The number of H-pyrrole nitrogens is 1. The van der Waals surface area contributed by atoms with Gasteiger partial charge in [0.1, 0.15) is 29.3 Å². The fourth-order valence-corrected chi connectivity index (χ4v) is 6.09. The number of anilines is 1. The maximum atomic E-state index is 14.9. The summed E-state index contributed by atoms with van der Waals surface area (Å²) in [6.45, 7) is 4.37. The number of carbonyl (C=O) groups excluding carboxylic acids is 2. The summed E-state index contributed by atoms with van der Waals surface area (Å²) in [4.78, 5) is 40.8. The molecule has 2 saturated heterocycles. The van der Waals surface area contributed by atoms with Gasteiger partial charge in [0.25, 0.3) is 5.91 Å². The molecule has 2 aliphatic rings. The largest absolute Gasteiger partial charge is 0.384 e. The highest BCUT2D eigenvalue weighted by atomic mass is 19.1. The summed E-state index contributed by atoms with van der Waals surface area (Å²) < 4.78 is 16.3. The number of halogens is 1. The summed E-state index contributed by atoms with van der Waals surface area (Å²) in [6.07, 6.45) is 7.17. The number of Topliss-reactive ketones (excluding diaryl/α,β-unsaturated/α-hetero) is 1. The molecule has 4 aromatic rings. The Kier molecular flexibility index (Phi) is 5.72. The lowest BCUT2D eigenvalue weighted by Gasteiger charge is -2.38. The van der Waals surface area contributed by atoms with E-state index in [1.54, 1.807) is 0 Å². The Bertz CT molecular complexity index is 1600. The minimum Gasteiger partial charge on any atom is -0.384 e. The van der Waals surface area contributed by atoms with Gasteiger partial charge in [0.15, 0.2) is 11.4 Å². The Morgan fingerprint density at radius 2 is 1.90 bits per heavy atom. The Balaban J connectivity index is 1.41. The van der Waals surface area contributed by atoms with Gasteiger partial charge < -0.3 is 15.7 Å². The molecule has 1 amide bonds. The number of hydrogen-bond acceptors (Lipinski definition) is 9. The SMILES string of the molecule is CC(=O)c1c([C@@H]2CC3CC[C@@H](C2)N3C(=O)c2ncn[nH]2)nc2c(-c3cnc(C(C)(C)O)c(F)c3)cnn2c1N. The molecule has 39 heavy (non-hydrogen) atoms. The number of carbonyl (C=O) groups is 2. The number of rotatable bonds is 5. The molecule has 0 spiro atoms. The van der Waals surface area contributed by atoms with E-state index in [1.165, 1.54) is 50.1 Å². The van der Waals surface area contributed by atoms with E-state index in [-0.39, 0.29) is 47.0 Å². The predicted molar refractivity (Wildman–Crippen MR) is 137 cm³/mol. The zero-order valence-electron chi connectivity index (χ0n) is 21.7. The molecule has 6 rings (SSSR count). The summed E-state index contributed by atoms with van der Waals surface area (Å²) in [5.74, 6) is -0.836. The lowest BCUT2D eigenvalue weighted by Crippen LogP contribution is -2.46. The van der Waals surface area contributed by atoms with Gasteiger partial charge >= 0.3 is 0 Å². The van der Waals surface area contributed by atoms with E-state index in [9.17, 15) is 19.1 Å². The highest BCUT2D eigenvalue weighted by Crippen LogP contribution is 2.45.